The van der Waals surface area contributed by atoms with Gasteiger partial charge in [-0.3, -0.25) is 0 Å². The summed E-state index contributed by atoms with van der Waals surface area (Å²) in [7, 11) is 0. The lowest BCUT2D eigenvalue weighted by Crippen LogP contribution is -2.26. The van der Waals surface area contributed by atoms with E-state index in [-0.39, 0.29) is 5.41 Å². The van der Waals surface area contributed by atoms with Crippen LogP contribution in [0.3, 0.4) is 0 Å². The molecule has 72 valence electrons. The molecule has 0 aliphatic carbocycles. The maximum atomic E-state index is 3.94. The van der Waals surface area contributed by atoms with Crippen molar-refractivity contribution in [2.45, 2.75) is 48.0 Å². The fourth-order valence-corrected chi connectivity index (χ4v) is 1.65. The molecule has 12 heavy (non-hydrogen) atoms. The largest absolute Gasteiger partial charge is 0.103 e. The average molecular weight is 168 g/mol. The quantitative estimate of drug-likeness (QED) is 0.552. The van der Waals surface area contributed by atoms with E-state index < -0.39 is 0 Å². The minimum Gasteiger partial charge on any atom is -0.103 e. The molecule has 0 aromatic carbocycles. The van der Waals surface area contributed by atoms with Crippen molar-refractivity contribution in [1.82, 2.24) is 0 Å². The molecule has 0 aliphatic rings. The lowest BCUT2D eigenvalue weighted by atomic mass is 9.69. The molecule has 0 spiro atoms. The summed E-state index contributed by atoms with van der Waals surface area (Å²) in [4.78, 5) is 0. The lowest BCUT2D eigenvalue weighted by molar-refractivity contribution is 0.184. The van der Waals surface area contributed by atoms with Crippen molar-refractivity contribution in [3.05, 3.63) is 12.7 Å². The summed E-state index contributed by atoms with van der Waals surface area (Å²) in [6, 6.07) is 0. The lowest BCUT2D eigenvalue weighted by Gasteiger charge is -2.36. The van der Waals surface area contributed by atoms with Gasteiger partial charge >= 0.3 is 0 Å². The Kier molecular flexibility index (Phi) is 3.56. The van der Waals surface area contributed by atoms with Crippen LogP contribution < -0.4 is 0 Å². The molecule has 0 heterocycles. The minimum absolute atomic E-state index is 0.290. The molecule has 1 atom stereocenters. The third-order valence-corrected chi connectivity index (χ3v) is 2.70. The van der Waals surface area contributed by atoms with Crippen LogP contribution in [-0.4, -0.2) is 0 Å². The van der Waals surface area contributed by atoms with Gasteiger partial charge in [0, 0.05) is 0 Å². The molecule has 0 saturated carbocycles. The molecule has 0 N–H and O–H groups in total. The molecule has 1 unspecified atom stereocenters. The molecule has 0 saturated heterocycles. The van der Waals surface area contributed by atoms with Crippen molar-refractivity contribution >= 4 is 0 Å². The fraction of sp³-hybridized carbons (Fsp3) is 0.833. The zero-order chi connectivity index (χ0) is 9.99. The van der Waals surface area contributed by atoms with Crippen LogP contribution in [0.2, 0.25) is 0 Å². The highest BCUT2D eigenvalue weighted by molar-refractivity contribution is 4.95. The van der Waals surface area contributed by atoms with Gasteiger partial charge in [0.15, 0.2) is 0 Å². The highest BCUT2D eigenvalue weighted by atomic mass is 14.3. The van der Waals surface area contributed by atoms with E-state index >= 15 is 0 Å². The Morgan fingerprint density at radius 2 is 1.58 bits per heavy atom. The molecule has 0 amide bonds. The number of rotatable bonds is 3. The first-order chi connectivity index (χ1) is 5.21. The Hall–Kier alpha value is -0.260. The second-order valence-electron chi connectivity index (χ2n) is 5.60. The predicted molar refractivity (Wildman–Crippen MR) is 57.2 cm³/mol. The maximum Gasteiger partial charge on any atom is -0.0121 e. The van der Waals surface area contributed by atoms with Gasteiger partial charge in [0.05, 0.1) is 0 Å². The van der Waals surface area contributed by atoms with Crippen LogP contribution in [0, 0.1) is 16.7 Å². The van der Waals surface area contributed by atoms with Gasteiger partial charge in [-0.25, -0.2) is 0 Å². The van der Waals surface area contributed by atoms with E-state index in [1.165, 1.54) is 6.42 Å². The topological polar surface area (TPSA) is 0 Å². The molecule has 0 nitrogen and oxygen atoms in total. The van der Waals surface area contributed by atoms with Crippen LogP contribution in [0.1, 0.15) is 48.0 Å². The summed E-state index contributed by atoms with van der Waals surface area (Å²) in [5.74, 6) is 0.675. The molecule has 0 aliphatic heterocycles. The summed E-state index contributed by atoms with van der Waals surface area (Å²) < 4.78 is 0. The molecule has 0 bridgehead atoms. The summed E-state index contributed by atoms with van der Waals surface area (Å²) in [6.45, 7) is 17.6. The van der Waals surface area contributed by atoms with Gasteiger partial charge < -0.3 is 0 Å². The summed E-state index contributed by atoms with van der Waals surface area (Å²) in [5.41, 5.74) is 0.686. The first-order valence-corrected chi connectivity index (χ1v) is 4.85. The molecule has 0 rings (SSSR count). The SMILES string of the molecule is C=CC(C)(CC(C)(C)C)C(C)C. The monoisotopic (exact) mass is 168 g/mol. The van der Waals surface area contributed by atoms with Crippen LogP contribution in [0.4, 0.5) is 0 Å². The van der Waals surface area contributed by atoms with E-state index in [0.29, 0.717) is 11.3 Å². The first-order valence-electron chi connectivity index (χ1n) is 4.85. The van der Waals surface area contributed by atoms with Crippen LogP contribution in [0.25, 0.3) is 0 Å². The van der Waals surface area contributed by atoms with Gasteiger partial charge in [0.25, 0.3) is 0 Å². The number of hydrogen-bond acceptors (Lipinski definition) is 0. The van der Waals surface area contributed by atoms with E-state index in [2.05, 4.69) is 54.2 Å². The summed E-state index contributed by atoms with van der Waals surface area (Å²) >= 11 is 0. The highest BCUT2D eigenvalue weighted by Gasteiger charge is 2.29. The van der Waals surface area contributed by atoms with E-state index in [0.717, 1.165) is 0 Å². The van der Waals surface area contributed by atoms with Crippen LogP contribution in [0.5, 0.6) is 0 Å². The molecule has 0 aromatic heterocycles. The van der Waals surface area contributed by atoms with E-state index in [4.69, 9.17) is 0 Å². The van der Waals surface area contributed by atoms with Gasteiger partial charge in [-0.2, -0.15) is 0 Å². The third kappa shape index (κ3) is 3.42. The van der Waals surface area contributed by atoms with Crippen molar-refractivity contribution in [3.63, 3.8) is 0 Å². The molecular formula is C12H24. The van der Waals surface area contributed by atoms with Crippen LogP contribution in [0.15, 0.2) is 12.7 Å². The third-order valence-electron chi connectivity index (χ3n) is 2.70. The van der Waals surface area contributed by atoms with Gasteiger partial charge in [-0.05, 0) is 23.2 Å². The Balaban J connectivity index is 4.45. The van der Waals surface area contributed by atoms with E-state index in [1.54, 1.807) is 0 Å². The van der Waals surface area contributed by atoms with Gasteiger partial charge in [-0.1, -0.05) is 47.6 Å². The van der Waals surface area contributed by atoms with E-state index in [1.807, 2.05) is 0 Å². The molecular weight excluding hydrogens is 144 g/mol. The fourth-order valence-electron chi connectivity index (χ4n) is 1.65. The standard InChI is InChI=1S/C12H24/c1-8-12(7,10(2)3)9-11(4,5)6/h8,10H,1,9H2,2-7H3. The number of hydrogen-bond donors (Lipinski definition) is 0. The normalized spacial score (nSPS) is 17.6. The molecule has 0 aromatic rings. The van der Waals surface area contributed by atoms with Crippen molar-refractivity contribution in [3.8, 4) is 0 Å². The Morgan fingerprint density at radius 3 is 1.67 bits per heavy atom. The Bertz CT molecular complexity index is 148. The minimum atomic E-state index is 0.290. The van der Waals surface area contributed by atoms with Crippen LogP contribution >= 0.6 is 0 Å². The Morgan fingerprint density at radius 1 is 1.17 bits per heavy atom. The summed E-state index contributed by atoms with van der Waals surface area (Å²) in [6.07, 6.45) is 3.32. The highest BCUT2D eigenvalue weighted by Crippen LogP contribution is 2.39. The van der Waals surface area contributed by atoms with Crippen molar-refractivity contribution in [1.29, 1.82) is 0 Å². The van der Waals surface area contributed by atoms with E-state index in [9.17, 15) is 0 Å². The van der Waals surface area contributed by atoms with Gasteiger partial charge in [-0.15, -0.1) is 6.58 Å². The second kappa shape index (κ2) is 3.64. The van der Waals surface area contributed by atoms with Crippen molar-refractivity contribution in [2.75, 3.05) is 0 Å². The molecule has 0 heteroatoms. The zero-order valence-electron chi connectivity index (χ0n) is 9.57. The molecule has 0 radical (unpaired) electrons. The zero-order valence-corrected chi connectivity index (χ0v) is 9.57. The number of allylic oxidation sites excluding steroid dienone is 1. The van der Waals surface area contributed by atoms with Crippen molar-refractivity contribution < 1.29 is 0 Å². The van der Waals surface area contributed by atoms with Gasteiger partial charge in [0.1, 0.15) is 0 Å². The Labute approximate surface area is 78.1 Å². The first kappa shape index (κ1) is 11.7. The summed E-state index contributed by atoms with van der Waals surface area (Å²) in [5, 5.41) is 0. The predicted octanol–water partition coefficient (Wildman–Crippen LogP) is 4.27. The molecule has 0 fully saturated rings. The van der Waals surface area contributed by atoms with Crippen LogP contribution in [-0.2, 0) is 0 Å². The maximum absolute atomic E-state index is 3.94. The second-order valence-corrected chi connectivity index (χ2v) is 5.60. The van der Waals surface area contributed by atoms with Crippen molar-refractivity contribution in [2.24, 2.45) is 16.7 Å². The average Bonchev–Trinajstić information content (AvgIpc) is 1.83. The smallest absolute Gasteiger partial charge is 0.0121 e. The van der Waals surface area contributed by atoms with Gasteiger partial charge in [0.2, 0.25) is 0 Å².